The van der Waals surface area contributed by atoms with Crippen molar-refractivity contribution in [1.82, 2.24) is 19.7 Å². The van der Waals surface area contributed by atoms with Crippen molar-refractivity contribution in [3.8, 4) is 0 Å². The first-order valence-corrected chi connectivity index (χ1v) is 5.46. The minimum absolute atomic E-state index is 0.188. The first-order valence-electron chi connectivity index (χ1n) is 5.46. The molecule has 2 N–H and O–H groups in total. The molecule has 2 aromatic heterocycles. The molecule has 0 spiro atoms. The van der Waals surface area contributed by atoms with E-state index in [0.717, 1.165) is 11.0 Å². The van der Waals surface area contributed by atoms with Crippen molar-refractivity contribution in [2.45, 2.75) is 0 Å². The van der Waals surface area contributed by atoms with E-state index in [1.54, 1.807) is 30.7 Å². The number of carbonyl (C=O) groups is 1. The fourth-order valence-electron chi connectivity index (χ4n) is 1.80. The average molecular weight is 241 g/mol. The quantitative estimate of drug-likeness (QED) is 0.714. The van der Waals surface area contributed by atoms with Gasteiger partial charge in [-0.3, -0.25) is 9.89 Å². The highest BCUT2D eigenvalue weighted by Gasteiger charge is 2.09. The Hall–Kier alpha value is -2.63. The fourth-order valence-corrected chi connectivity index (χ4v) is 1.80. The standard InChI is InChI=1S/C12H11N5O/c1-17-7-13-9-6-8(2-3-10(9)17)12(18)15-11-4-5-14-16-11/h2-7H,1H3,(H2,14,15,16,18). The van der Waals surface area contributed by atoms with Crippen LogP contribution in [0, 0.1) is 0 Å². The van der Waals surface area contributed by atoms with Crippen LogP contribution in [0.5, 0.6) is 0 Å². The third-order valence-corrected chi connectivity index (χ3v) is 2.74. The van der Waals surface area contributed by atoms with Crippen LogP contribution in [-0.4, -0.2) is 25.7 Å². The van der Waals surface area contributed by atoms with Gasteiger partial charge in [-0.05, 0) is 18.2 Å². The van der Waals surface area contributed by atoms with Gasteiger partial charge in [-0.25, -0.2) is 4.98 Å². The minimum atomic E-state index is -0.188. The van der Waals surface area contributed by atoms with Crippen molar-refractivity contribution in [3.05, 3.63) is 42.4 Å². The molecule has 0 unspecified atom stereocenters. The van der Waals surface area contributed by atoms with Crippen LogP contribution in [-0.2, 0) is 7.05 Å². The lowest BCUT2D eigenvalue weighted by Crippen LogP contribution is -2.12. The van der Waals surface area contributed by atoms with Gasteiger partial charge in [0, 0.05) is 18.7 Å². The molecule has 0 fully saturated rings. The smallest absolute Gasteiger partial charge is 0.256 e. The molecule has 2 heterocycles. The SMILES string of the molecule is Cn1cnc2cc(C(=O)Nc3ccn[nH]3)ccc21. The molecule has 0 bridgehead atoms. The highest BCUT2D eigenvalue weighted by molar-refractivity contribution is 6.05. The molecular formula is C12H11N5O. The molecule has 90 valence electrons. The predicted molar refractivity (Wildman–Crippen MR) is 67.3 cm³/mol. The van der Waals surface area contributed by atoms with Crippen LogP contribution in [0.3, 0.4) is 0 Å². The lowest BCUT2D eigenvalue weighted by molar-refractivity contribution is 0.102. The Balaban J connectivity index is 1.92. The summed E-state index contributed by atoms with van der Waals surface area (Å²) < 4.78 is 1.91. The zero-order valence-electron chi connectivity index (χ0n) is 9.71. The Kier molecular flexibility index (Phi) is 2.33. The molecule has 1 amide bonds. The first-order chi connectivity index (χ1) is 8.74. The zero-order chi connectivity index (χ0) is 12.5. The number of nitrogens with zero attached hydrogens (tertiary/aromatic N) is 3. The molecule has 6 nitrogen and oxygen atoms in total. The van der Waals surface area contributed by atoms with Gasteiger partial charge >= 0.3 is 0 Å². The van der Waals surface area contributed by atoms with Gasteiger partial charge in [-0.15, -0.1) is 0 Å². The summed E-state index contributed by atoms with van der Waals surface area (Å²) in [6.07, 6.45) is 3.30. The number of H-pyrrole nitrogens is 1. The number of aromatic nitrogens is 4. The van der Waals surface area contributed by atoms with E-state index in [4.69, 9.17) is 0 Å². The number of carbonyl (C=O) groups excluding carboxylic acids is 1. The Morgan fingerprint density at radius 2 is 2.28 bits per heavy atom. The second-order valence-electron chi connectivity index (χ2n) is 3.98. The number of aromatic amines is 1. The van der Waals surface area contributed by atoms with Crippen LogP contribution >= 0.6 is 0 Å². The van der Waals surface area contributed by atoms with Gasteiger partial charge in [0.25, 0.3) is 5.91 Å². The van der Waals surface area contributed by atoms with E-state index in [9.17, 15) is 4.79 Å². The Morgan fingerprint density at radius 1 is 1.39 bits per heavy atom. The molecule has 3 aromatic rings. The van der Waals surface area contributed by atoms with Crippen molar-refractivity contribution in [2.75, 3.05) is 5.32 Å². The predicted octanol–water partition coefficient (Wildman–Crippen LogP) is 1.55. The number of rotatable bonds is 2. The number of fused-ring (bicyclic) bond motifs is 1. The molecule has 6 heteroatoms. The lowest BCUT2D eigenvalue weighted by Gasteiger charge is -2.02. The largest absolute Gasteiger partial charge is 0.334 e. The maximum absolute atomic E-state index is 12.0. The minimum Gasteiger partial charge on any atom is -0.334 e. The number of nitrogens with one attached hydrogen (secondary N) is 2. The summed E-state index contributed by atoms with van der Waals surface area (Å²) in [6, 6.07) is 7.11. The van der Waals surface area contributed by atoms with E-state index in [1.807, 2.05) is 17.7 Å². The number of hydrogen-bond acceptors (Lipinski definition) is 3. The molecule has 1 aromatic carbocycles. The zero-order valence-corrected chi connectivity index (χ0v) is 9.71. The van der Waals surface area contributed by atoms with E-state index in [-0.39, 0.29) is 5.91 Å². The maximum Gasteiger partial charge on any atom is 0.256 e. The van der Waals surface area contributed by atoms with Gasteiger partial charge < -0.3 is 9.88 Å². The van der Waals surface area contributed by atoms with Crippen LogP contribution in [0.1, 0.15) is 10.4 Å². The molecule has 0 aliphatic heterocycles. The topological polar surface area (TPSA) is 75.6 Å². The maximum atomic E-state index is 12.0. The van der Waals surface area contributed by atoms with Gasteiger partial charge in [-0.1, -0.05) is 0 Å². The van der Waals surface area contributed by atoms with Crippen molar-refractivity contribution >= 4 is 22.8 Å². The molecule has 0 aliphatic carbocycles. The van der Waals surface area contributed by atoms with E-state index in [2.05, 4.69) is 20.5 Å². The van der Waals surface area contributed by atoms with Gasteiger partial charge in [0.15, 0.2) is 0 Å². The molecule has 0 aliphatic rings. The third-order valence-electron chi connectivity index (χ3n) is 2.74. The molecule has 0 saturated carbocycles. The highest BCUT2D eigenvalue weighted by atomic mass is 16.1. The molecular weight excluding hydrogens is 230 g/mol. The third kappa shape index (κ3) is 1.73. The lowest BCUT2D eigenvalue weighted by atomic mass is 10.2. The average Bonchev–Trinajstić information content (AvgIpc) is 2.99. The summed E-state index contributed by atoms with van der Waals surface area (Å²) >= 11 is 0. The van der Waals surface area contributed by atoms with Crippen molar-refractivity contribution in [1.29, 1.82) is 0 Å². The molecule has 3 rings (SSSR count). The number of amides is 1. The molecule has 0 atom stereocenters. The Morgan fingerprint density at radius 3 is 3.06 bits per heavy atom. The Bertz CT molecular complexity index is 698. The summed E-state index contributed by atoms with van der Waals surface area (Å²) in [5.74, 6) is 0.382. The molecule has 0 radical (unpaired) electrons. The summed E-state index contributed by atoms with van der Waals surface area (Å²) in [6.45, 7) is 0. The number of imidazole rings is 1. The van der Waals surface area contributed by atoms with Crippen LogP contribution in [0.4, 0.5) is 5.82 Å². The molecule has 0 saturated heterocycles. The van der Waals surface area contributed by atoms with E-state index in [1.165, 1.54) is 0 Å². The number of anilines is 1. The summed E-state index contributed by atoms with van der Waals surface area (Å²) in [4.78, 5) is 16.2. The van der Waals surface area contributed by atoms with Crippen LogP contribution in [0.2, 0.25) is 0 Å². The Labute approximate surface area is 103 Å². The number of aryl methyl sites for hydroxylation is 1. The van der Waals surface area contributed by atoms with Gasteiger partial charge in [0.05, 0.1) is 23.6 Å². The normalized spacial score (nSPS) is 10.7. The van der Waals surface area contributed by atoms with E-state index >= 15 is 0 Å². The fraction of sp³-hybridized carbons (Fsp3) is 0.0833. The summed E-state index contributed by atoms with van der Waals surface area (Å²) in [5, 5.41) is 9.16. The summed E-state index contributed by atoms with van der Waals surface area (Å²) in [7, 11) is 1.92. The summed E-state index contributed by atoms with van der Waals surface area (Å²) in [5.41, 5.74) is 2.36. The van der Waals surface area contributed by atoms with Crippen LogP contribution < -0.4 is 5.32 Å². The second-order valence-corrected chi connectivity index (χ2v) is 3.98. The van der Waals surface area contributed by atoms with Crippen molar-refractivity contribution in [3.63, 3.8) is 0 Å². The van der Waals surface area contributed by atoms with Crippen molar-refractivity contribution < 1.29 is 4.79 Å². The van der Waals surface area contributed by atoms with Gasteiger partial charge in [0.2, 0.25) is 0 Å². The van der Waals surface area contributed by atoms with E-state index < -0.39 is 0 Å². The van der Waals surface area contributed by atoms with Gasteiger partial charge in [0.1, 0.15) is 5.82 Å². The van der Waals surface area contributed by atoms with Crippen molar-refractivity contribution in [2.24, 2.45) is 7.05 Å². The van der Waals surface area contributed by atoms with E-state index in [0.29, 0.717) is 11.4 Å². The number of hydrogen-bond donors (Lipinski definition) is 2. The van der Waals surface area contributed by atoms with Gasteiger partial charge in [-0.2, -0.15) is 5.10 Å². The van der Waals surface area contributed by atoms with Crippen LogP contribution in [0.25, 0.3) is 11.0 Å². The van der Waals surface area contributed by atoms with Crippen LogP contribution in [0.15, 0.2) is 36.8 Å². The first kappa shape index (κ1) is 10.5. The number of benzene rings is 1. The monoisotopic (exact) mass is 241 g/mol. The highest BCUT2D eigenvalue weighted by Crippen LogP contribution is 2.14. The molecule has 18 heavy (non-hydrogen) atoms. The second kappa shape index (κ2) is 3.99.